The van der Waals surface area contributed by atoms with Crippen molar-refractivity contribution in [3.63, 3.8) is 0 Å². The Bertz CT molecular complexity index is 594. The Kier molecular flexibility index (Phi) is 4.10. The van der Waals surface area contributed by atoms with Crippen molar-refractivity contribution >= 4 is 16.7 Å². The van der Waals surface area contributed by atoms with Crippen LogP contribution in [0.1, 0.15) is 44.1 Å². The van der Waals surface area contributed by atoms with Crippen LogP contribution in [0.15, 0.2) is 36.5 Å². The van der Waals surface area contributed by atoms with Crippen LogP contribution in [0, 0.1) is 5.92 Å². The van der Waals surface area contributed by atoms with Crippen LogP contribution in [0.3, 0.4) is 0 Å². The standard InChI is InChI=1S/C18H21NO/c20-16(10-9-14-5-1-2-6-14)13-15-11-12-19-18-8-4-3-7-17(15)18/h3-4,7-8,11-12,14H,1-2,5-6,9-10,13H2. The number of para-hydroxylation sites is 1. The van der Waals surface area contributed by atoms with Crippen LogP contribution in [-0.2, 0) is 11.2 Å². The number of Topliss-reactive ketones (excluding diaryl/α,β-unsaturated/α-hetero) is 1. The quantitative estimate of drug-likeness (QED) is 0.807. The van der Waals surface area contributed by atoms with E-state index in [4.69, 9.17) is 0 Å². The van der Waals surface area contributed by atoms with Gasteiger partial charge in [-0.25, -0.2) is 0 Å². The summed E-state index contributed by atoms with van der Waals surface area (Å²) in [5.41, 5.74) is 2.10. The highest BCUT2D eigenvalue weighted by Crippen LogP contribution is 2.28. The highest BCUT2D eigenvalue weighted by atomic mass is 16.1. The molecule has 0 unspecified atom stereocenters. The molecule has 1 heterocycles. The highest BCUT2D eigenvalue weighted by molar-refractivity contribution is 5.88. The molecule has 0 radical (unpaired) electrons. The number of hydrogen-bond acceptors (Lipinski definition) is 2. The topological polar surface area (TPSA) is 30.0 Å². The highest BCUT2D eigenvalue weighted by Gasteiger charge is 2.16. The van der Waals surface area contributed by atoms with Gasteiger partial charge in [-0.15, -0.1) is 0 Å². The molecule has 1 fully saturated rings. The van der Waals surface area contributed by atoms with Gasteiger partial charge in [-0.05, 0) is 30.0 Å². The Labute approximate surface area is 120 Å². The van der Waals surface area contributed by atoms with Crippen LogP contribution in [0.4, 0.5) is 0 Å². The van der Waals surface area contributed by atoms with Crippen molar-refractivity contribution in [2.75, 3.05) is 0 Å². The molecular formula is C18H21NO. The first-order valence-electron chi connectivity index (χ1n) is 7.67. The van der Waals surface area contributed by atoms with E-state index in [1.165, 1.54) is 25.7 Å². The molecule has 1 saturated carbocycles. The molecule has 1 aromatic heterocycles. The van der Waals surface area contributed by atoms with Crippen LogP contribution < -0.4 is 0 Å². The predicted octanol–water partition coefficient (Wildman–Crippen LogP) is 4.32. The fourth-order valence-electron chi connectivity index (χ4n) is 3.27. The third kappa shape index (κ3) is 3.06. The summed E-state index contributed by atoms with van der Waals surface area (Å²) in [5, 5.41) is 1.12. The van der Waals surface area contributed by atoms with Crippen molar-refractivity contribution in [1.29, 1.82) is 0 Å². The normalized spacial score (nSPS) is 15.8. The molecule has 104 valence electrons. The van der Waals surface area contributed by atoms with Gasteiger partial charge in [0.05, 0.1) is 5.52 Å². The molecule has 1 aliphatic rings. The Balaban J connectivity index is 1.65. The van der Waals surface area contributed by atoms with Gasteiger partial charge < -0.3 is 0 Å². The van der Waals surface area contributed by atoms with E-state index in [9.17, 15) is 4.79 Å². The van der Waals surface area contributed by atoms with Crippen molar-refractivity contribution in [3.8, 4) is 0 Å². The first-order chi connectivity index (χ1) is 9.83. The number of aromatic nitrogens is 1. The van der Waals surface area contributed by atoms with E-state index in [2.05, 4.69) is 11.1 Å². The lowest BCUT2D eigenvalue weighted by atomic mass is 9.96. The van der Waals surface area contributed by atoms with Gasteiger partial charge in [0.2, 0.25) is 0 Å². The van der Waals surface area contributed by atoms with E-state index in [1.54, 1.807) is 0 Å². The molecule has 0 saturated heterocycles. The molecular weight excluding hydrogens is 246 g/mol. The lowest BCUT2D eigenvalue weighted by molar-refractivity contribution is -0.118. The number of rotatable bonds is 5. The largest absolute Gasteiger partial charge is 0.299 e. The predicted molar refractivity (Wildman–Crippen MR) is 81.6 cm³/mol. The number of nitrogens with zero attached hydrogens (tertiary/aromatic N) is 1. The monoisotopic (exact) mass is 267 g/mol. The van der Waals surface area contributed by atoms with E-state index in [1.807, 2.05) is 30.5 Å². The van der Waals surface area contributed by atoms with E-state index in [0.717, 1.165) is 35.2 Å². The summed E-state index contributed by atoms with van der Waals surface area (Å²) in [6.45, 7) is 0. The fraction of sp³-hybridized carbons (Fsp3) is 0.444. The van der Waals surface area contributed by atoms with E-state index in [-0.39, 0.29) is 0 Å². The first kappa shape index (κ1) is 13.3. The molecule has 0 N–H and O–H groups in total. The summed E-state index contributed by atoms with van der Waals surface area (Å²) in [6, 6.07) is 10.0. The maximum Gasteiger partial charge on any atom is 0.137 e. The Hall–Kier alpha value is -1.70. The summed E-state index contributed by atoms with van der Waals surface area (Å²) in [7, 11) is 0. The number of carbonyl (C=O) groups excluding carboxylic acids is 1. The third-order valence-corrected chi connectivity index (χ3v) is 4.43. The van der Waals surface area contributed by atoms with E-state index >= 15 is 0 Å². The van der Waals surface area contributed by atoms with Gasteiger partial charge in [0, 0.05) is 24.4 Å². The molecule has 2 heteroatoms. The summed E-state index contributed by atoms with van der Waals surface area (Å²) < 4.78 is 0. The second-order valence-corrected chi connectivity index (χ2v) is 5.89. The van der Waals surface area contributed by atoms with Crippen LogP contribution in [-0.4, -0.2) is 10.8 Å². The van der Waals surface area contributed by atoms with Crippen molar-refractivity contribution in [1.82, 2.24) is 4.98 Å². The molecule has 2 nitrogen and oxygen atoms in total. The minimum Gasteiger partial charge on any atom is -0.299 e. The summed E-state index contributed by atoms with van der Waals surface area (Å²) in [4.78, 5) is 16.5. The molecule has 0 aliphatic heterocycles. The average Bonchev–Trinajstić information content (AvgIpc) is 2.99. The van der Waals surface area contributed by atoms with Crippen LogP contribution in [0.2, 0.25) is 0 Å². The van der Waals surface area contributed by atoms with Crippen molar-refractivity contribution in [2.45, 2.75) is 44.9 Å². The number of ketones is 1. The molecule has 0 amide bonds. The average molecular weight is 267 g/mol. The van der Waals surface area contributed by atoms with E-state index in [0.29, 0.717) is 12.2 Å². The maximum absolute atomic E-state index is 12.2. The molecule has 0 spiro atoms. The Morgan fingerprint density at radius 2 is 1.95 bits per heavy atom. The van der Waals surface area contributed by atoms with E-state index < -0.39 is 0 Å². The zero-order valence-corrected chi connectivity index (χ0v) is 11.8. The number of carbonyl (C=O) groups is 1. The zero-order valence-electron chi connectivity index (χ0n) is 11.8. The van der Waals surface area contributed by atoms with Crippen LogP contribution >= 0.6 is 0 Å². The van der Waals surface area contributed by atoms with Gasteiger partial charge in [0.1, 0.15) is 5.78 Å². The minimum atomic E-state index is 0.369. The Morgan fingerprint density at radius 1 is 1.15 bits per heavy atom. The summed E-state index contributed by atoms with van der Waals surface area (Å²) >= 11 is 0. The maximum atomic E-state index is 12.2. The molecule has 1 aliphatic carbocycles. The second kappa shape index (κ2) is 6.17. The minimum absolute atomic E-state index is 0.369. The molecule has 3 rings (SSSR count). The second-order valence-electron chi connectivity index (χ2n) is 5.89. The zero-order chi connectivity index (χ0) is 13.8. The molecule has 1 aromatic carbocycles. The van der Waals surface area contributed by atoms with Crippen molar-refractivity contribution in [2.24, 2.45) is 5.92 Å². The Morgan fingerprint density at radius 3 is 2.80 bits per heavy atom. The fourth-order valence-corrected chi connectivity index (χ4v) is 3.27. The summed E-state index contributed by atoms with van der Waals surface area (Å²) in [5.74, 6) is 1.17. The van der Waals surface area contributed by atoms with Crippen molar-refractivity contribution < 1.29 is 4.79 Å². The molecule has 20 heavy (non-hydrogen) atoms. The van der Waals surface area contributed by atoms with Crippen LogP contribution in [0.25, 0.3) is 10.9 Å². The SMILES string of the molecule is O=C(CCC1CCCC1)Cc1ccnc2ccccc12. The van der Waals surface area contributed by atoms with Gasteiger partial charge in [-0.3, -0.25) is 9.78 Å². The lowest BCUT2D eigenvalue weighted by Gasteiger charge is -2.09. The van der Waals surface area contributed by atoms with Gasteiger partial charge >= 0.3 is 0 Å². The smallest absolute Gasteiger partial charge is 0.137 e. The molecule has 0 bridgehead atoms. The number of hydrogen-bond donors (Lipinski definition) is 0. The van der Waals surface area contributed by atoms with Crippen molar-refractivity contribution in [3.05, 3.63) is 42.1 Å². The summed E-state index contributed by atoms with van der Waals surface area (Å²) in [6.07, 6.45) is 9.54. The van der Waals surface area contributed by atoms with Crippen LogP contribution in [0.5, 0.6) is 0 Å². The van der Waals surface area contributed by atoms with Gasteiger partial charge in [0.15, 0.2) is 0 Å². The molecule has 0 atom stereocenters. The number of pyridine rings is 1. The van der Waals surface area contributed by atoms with Gasteiger partial charge in [-0.2, -0.15) is 0 Å². The van der Waals surface area contributed by atoms with Gasteiger partial charge in [0.25, 0.3) is 0 Å². The first-order valence-corrected chi connectivity index (χ1v) is 7.67. The molecule has 2 aromatic rings. The third-order valence-electron chi connectivity index (χ3n) is 4.43. The lowest BCUT2D eigenvalue weighted by Crippen LogP contribution is -2.06. The number of benzene rings is 1. The number of fused-ring (bicyclic) bond motifs is 1. The van der Waals surface area contributed by atoms with Gasteiger partial charge in [-0.1, -0.05) is 43.9 Å².